The molecule has 0 aliphatic heterocycles. The zero-order chi connectivity index (χ0) is 28.4. The van der Waals surface area contributed by atoms with Gasteiger partial charge < -0.3 is 20.4 Å². The van der Waals surface area contributed by atoms with E-state index in [0.29, 0.717) is 49.9 Å². The Labute approximate surface area is 233 Å². The summed E-state index contributed by atoms with van der Waals surface area (Å²) in [5.74, 6) is 0.479. The summed E-state index contributed by atoms with van der Waals surface area (Å²) in [5, 5.41) is 44.9. The van der Waals surface area contributed by atoms with Crippen LogP contribution in [0.25, 0.3) is 0 Å². The van der Waals surface area contributed by atoms with Crippen LogP contribution in [0.3, 0.4) is 0 Å². The molecule has 218 valence electrons. The zero-order valence-electron chi connectivity index (χ0n) is 24.2. The predicted octanol–water partition coefficient (Wildman–Crippen LogP) is 6.29. The Hall–Kier alpha value is -1.50. The lowest BCUT2D eigenvalue weighted by atomic mass is 9.35. The summed E-state index contributed by atoms with van der Waals surface area (Å²) in [7, 11) is 0. The molecular formula is C33H49FO5. The van der Waals surface area contributed by atoms with E-state index in [4.69, 9.17) is 0 Å². The summed E-state index contributed by atoms with van der Waals surface area (Å²) in [4.78, 5) is 11.3. The maximum absolute atomic E-state index is 13.9. The smallest absolute Gasteiger partial charge is 0.303 e. The third-order valence-corrected chi connectivity index (χ3v) is 13.1. The number of fused-ring (bicyclic) bond motifs is 5. The molecule has 0 unspecified atom stereocenters. The second-order valence-electron chi connectivity index (χ2n) is 14.2. The monoisotopic (exact) mass is 544 g/mol. The number of halogens is 1. The number of carboxylic acids is 1. The van der Waals surface area contributed by atoms with Gasteiger partial charge in [0.25, 0.3) is 0 Å². The van der Waals surface area contributed by atoms with E-state index < -0.39 is 29.2 Å². The van der Waals surface area contributed by atoms with Crippen molar-refractivity contribution in [1.29, 1.82) is 0 Å². The number of rotatable bonds is 7. The molecule has 4 fully saturated rings. The Bertz CT molecular complexity index is 1060. The van der Waals surface area contributed by atoms with Crippen LogP contribution in [0.15, 0.2) is 24.3 Å². The summed E-state index contributed by atoms with van der Waals surface area (Å²) >= 11 is 0. The zero-order valence-corrected chi connectivity index (χ0v) is 24.2. The maximum Gasteiger partial charge on any atom is 0.303 e. The van der Waals surface area contributed by atoms with Crippen molar-refractivity contribution in [2.45, 2.75) is 116 Å². The highest BCUT2D eigenvalue weighted by Gasteiger charge is 2.71. The maximum atomic E-state index is 13.9. The molecule has 6 heteroatoms. The normalized spacial score (nSPS) is 44.0. The average Bonchev–Trinajstić information content (AvgIpc) is 3.27. The molecule has 5 rings (SSSR count). The van der Waals surface area contributed by atoms with Gasteiger partial charge in [0, 0.05) is 11.8 Å². The van der Waals surface area contributed by atoms with Gasteiger partial charge in [-0.15, -0.1) is 0 Å². The molecule has 0 radical (unpaired) electrons. The van der Waals surface area contributed by atoms with E-state index in [1.165, 1.54) is 12.1 Å². The van der Waals surface area contributed by atoms with Gasteiger partial charge in [-0.05, 0) is 122 Å². The van der Waals surface area contributed by atoms with Crippen LogP contribution < -0.4 is 0 Å². The SMILES string of the molecule is CC[C@](O)(c1ccc(F)cc1)[C@]12CC[C@H]3[C@@H]4CC[C@H]([C@H](C)CCC(=O)O)[C@@]4(C)[C@@H](O)C[C@@H]3[C@@]1(C)CC[C@@H](O)C2. The molecule has 0 aromatic heterocycles. The van der Waals surface area contributed by atoms with E-state index in [9.17, 15) is 29.6 Å². The quantitative estimate of drug-likeness (QED) is 0.324. The van der Waals surface area contributed by atoms with Crippen molar-refractivity contribution in [3.63, 3.8) is 0 Å². The first-order chi connectivity index (χ1) is 18.3. The van der Waals surface area contributed by atoms with Gasteiger partial charge in [-0.3, -0.25) is 4.79 Å². The van der Waals surface area contributed by atoms with E-state index in [2.05, 4.69) is 20.8 Å². The van der Waals surface area contributed by atoms with Crippen molar-refractivity contribution in [3.8, 4) is 0 Å². The molecule has 0 heterocycles. The summed E-state index contributed by atoms with van der Waals surface area (Å²) in [6.07, 6.45) is 6.82. The van der Waals surface area contributed by atoms with Crippen molar-refractivity contribution in [2.24, 2.45) is 45.8 Å². The van der Waals surface area contributed by atoms with E-state index in [0.717, 1.165) is 37.7 Å². The Balaban J connectivity index is 1.53. The topological polar surface area (TPSA) is 98.0 Å². The van der Waals surface area contributed by atoms with Gasteiger partial charge in [0.05, 0.1) is 17.8 Å². The predicted molar refractivity (Wildman–Crippen MR) is 148 cm³/mol. The number of aliphatic hydroxyl groups is 3. The van der Waals surface area contributed by atoms with Crippen LogP contribution in [0, 0.1) is 51.7 Å². The molecule has 4 N–H and O–H groups in total. The summed E-state index contributed by atoms with van der Waals surface area (Å²) in [5.41, 5.74) is -1.59. The van der Waals surface area contributed by atoms with Gasteiger partial charge in [0.15, 0.2) is 0 Å². The largest absolute Gasteiger partial charge is 0.481 e. The van der Waals surface area contributed by atoms with Crippen LogP contribution in [0.4, 0.5) is 4.39 Å². The van der Waals surface area contributed by atoms with Crippen LogP contribution in [-0.4, -0.2) is 38.6 Å². The number of carbonyl (C=O) groups is 1. The van der Waals surface area contributed by atoms with Crippen molar-refractivity contribution < 1.29 is 29.6 Å². The fraction of sp³-hybridized carbons (Fsp3) is 0.788. The van der Waals surface area contributed by atoms with Crippen molar-refractivity contribution in [1.82, 2.24) is 0 Å². The van der Waals surface area contributed by atoms with Crippen LogP contribution in [0.2, 0.25) is 0 Å². The minimum absolute atomic E-state index is 0.169. The van der Waals surface area contributed by atoms with Crippen LogP contribution >= 0.6 is 0 Å². The van der Waals surface area contributed by atoms with Gasteiger partial charge in [-0.25, -0.2) is 4.39 Å². The molecule has 4 aliphatic rings. The van der Waals surface area contributed by atoms with Gasteiger partial charge >= 0.3 is 5.97 Å². The number of aliphatic carboxylic acids is 1. The third-order valence-electron chi connectivity index (χ3n) is 13.1. The lowest BCUT2D eigenvalue weighted by Gasteiger charge is -2.70. The minimum Gasteiger partial charge on any atom is -0.481 e. The fourth-order valence-corrected chi connectivity index (χ4v) is 11.1. The summed E-state index contributed by atoms with van der Waals surface area (Å²) < 4.78 is 13.9. The van der Waals surface area contributed by atoms with Gasteiger partial charge in [-0.1, -0.05) is 39.8 Å². The Kier molecular flexibility index (Phi) is 7.51. The van der Waals surface area contributed by atoms with Crippen LogP contribution in [0.5, 0.6) is 0 Å². The van der Waals surface area contributed by atoms with Crippen LogP contribution in [0.1, 0.15) is 104 Å². The Morgan fingerprint density at radius 1 is 1.08 bits per heavy atom. The number of carboxylic acid groups (broad SMARTS) is 1. The number of aliphatic hydroxyl groups excluding tert-OH is 2. The Morgan fingerprint density at radius 3 is 2.41 bits per heavy atom. The van der Waals surface area contributed by atoms with E-state index in [1.54, 1.807) is 12.1 Å². The standard InChI is InChI=1S/C33H49FO5/c1-5-33(39,21-7-9-22(34)10-8-21)32-17-15-24-26-12-11-25(20(2)6-13-29(37)38)31(26,4)28(36)18-27(24)30(32,3)16-14-23(35)19-32/h7-10,20,23-28,35-36,39H,5-6,11-19H2,1-4H3,(H,37,38)/t20-,23-,24+,25-,26+,27+,28+,30-,31-,32+,33+/m1/s1. The van der Waals surface area contributed by atoms with E-state index in [1.807, 2.05) is 6.92 Å². The Morgan fingerprint density at radius 2 is 1.77 bits per heavy atom. The van der Waals surface area contributed by atoms with Gasteiger partial charge in [-0.2, -0.15) is 0 Å². The molecule has 0 saturated heterocycles. The first kappa shape index (κ1) is 29.0. The van der Waals surface area contributed by atoms with E-state index >= 15 is 0 Å². The summed E-state index contributed by atoms with van der Waals surface area (Å²) in [6.45, 7) is 8.75. The van der Waals surface area contributed by atoms with Crippen molar-refractivity contribution in [3.05, 3.63) is 35.6 Å². The molecule has 0 spiro atoms. The molecule has 39 heavy (non-hydrogen) atoms. The number of hydrogen-bond acceptors (Lipinski definition) is 4. The molecule has 4 aliphatic carbocycles. The molecule has 5 nitrogen and oxygen atoms in total. The van der Waals surface area contributed by atoms with Gasteiger partial charge in [0.1, 0.15) is 5.82 Å². The lowest BCUT2D eigenvalue weighted by Crippen LogP contribution is -2.67. The number of benzene rings is 1. The molecule has 1 aromatic carbocycles. The van der Waals surface area contributed by atoms with Crippen LogP contribution in [-0.2, 0) is 10.4 Å². The minimum atomic E-state index is -1.21. The number of hydrogen-bond donors (Lipinski definition) is 4. The molecule has 1 aromatic rings. The lowest BCUT2D eigenvalue weighted by molar-refractivity contribution is -0.269. The highest BCUT2D eigenvalue weighted by atomic mass is 19.1. The second kappa shape index (κ2) is 10.1. The third kappa shape index (κ3) is 4.14. The highest BCUT2D eigenvalue weighted by molar-refractivity contribution is 5.66. The average molecular weight is 545 g/mol. The molecule has 0 bridgehead atoms. The molecule has 11 atom stereocenters. The molecule has 0 amide bonds. The van der Waals surface area contributed by atoms with E-state index in [-0.39, 0.29) is 34.9 Å². The molecule has 4 saturated carbocycles. The van der Waals surface area contributed by atoms with Crippen molar-refractivity contribution in [2.75, 3.05) is 0 Å². The van der Waals surface area contributed by atoms with Gasteiger partial charge in [0.2, 0.25) is 0 Å². The second-order valence-corrected chi connectivity index (χ2v) is 14.2. The van der Waals surface area contributed by atoms with Crippen molar-refractivity contribution >= 4 is 5.97 Å². The summed E-state index contributed by atoms with van der Waals surface area (Å²) in [6, 6.07) is 6.28. The fourth-order valence-electron chi connectivity index (χ4n) is 11.1. The molecular weight excluding hydrogens is 495 g/mol. The highest BCUT2D eigenvalue weighted by Crippen LogP contribution is 2.74. The first-order valence-corrected chi connectivity index (χ1v) is 15.4. The first-order valence-electron chi connectivity index (χ1n) is 15.4.